The Morgan fingerprint density at radius 1 is 1.11 bits per heavy atom. The molecule has 0 saturated carbocycles. The predicted molar refractivity (Wildman–Crippen MR) is 118 cm³/mol. The number of nitrogens with zero attached hydrogens (tertiary/aromatic N) is 4. The van der Waals surface area contributed by atoms with Gasteiger partial charge in [-0.05, 0) is 75.7 Å². The van der Waals surface area contributed by atoms with Gasteiger partial charge in [-0.25, -0.2) is 0 Å². The molecule has 0 spiro atoms. The van der Waals surface area contributed by atoms with Gasteiger partial charge in [-0.1, -0.05) is 13.0 Å². The Balaban J connectivity index is 0.00000280. The van der Waals surface area contributed by atoms with Crippen LogP contribution >= 0.6 is 23.9 Å². The first-order chi connectivity index (χ1) is 13.0. The second-order valence-electron chi connectivity index (χ2n) is 6.86. The van der Waals surface area contributed by atoms with E-state index in [-0.39, 0.29) is 12.4 Å². The topological polar surface area (TPSA) is 51.1 Å². The first-order valence-corrected chi connectivity index (χ1v) is 9.97. The van der Waals surface area contributed by atoms with E-state index < -0.39 is 0 Å². The van der Waals surface area contributed by atoms with Gasteiger partial charge < -0.3 is 9.64 Å². The van der Waals surface area contributed by atoms with Crippen molar-refractivity contribution < 1.29 is 4.74 Å². The number of hydrogen-bond acceptors (Lipinski definition) is 6. The maximum atomic E-state index is 6.03. The zero-order chi connectivity index (χ0) is 19.4. The first-order valence-electron chi connectivity index (χ1n) is 9.19. The summed E-state index contributed by atoms with van der Waals surface area (Å²) in [5.41, 5.74) is 5.59. The number of hydrogen-bond donors (Lipinski definition) is 0. The number of rotatable bonds is 7. The first kappa shape index (κ1) is 22.3. The lowest BCUT2D eigenvalue weighted by Gasteiger charge is -2.16. The van der Waals surface area contributed by atoms with Crippen molar-refractivity contribution in [2.24, 2.45) is 0 Å². The molecule has 0 aliphatic rings. The van der Waals surface area contributed by atoms with Crippen LogP contribution in [0.15, 0.2) is 30.5 Å². The SMILES string of the molecule is CCN(C)CCc1cc(C)c(Oc2nc(-c3ccc(C)nc3)ns2)cc1C.Cl. The van der Waals surface area contributed by atoms with Gasteiger partial charge in [0, 0.05) is 35.5 Å². The van der Waals surface area contributed by atoms with Crippen molar-refractivity contribution in [3.05, 3.63) is 52.8 Å². The minimum absolute atomic E-state index is 0. The van der Waals surface area contributed by atoms with Gasteiger partial charge in [-0.15, -0.1) is 12.4 Å². The van der Waals surface area contributed by atoms with E-state index in [9.17, 15) is 0 Å². The van der Waals surface area contributed by atoms with Crippen LogP contribution in [0.2, 0.25) is 0 Å². The van der Waals surface area contributed by atoms with E-state index in [0.29, 0.717) is 11.0 Å². The Labute approximate surface area is 177 Å². The van der Waals surface area contributed by atoms with E-state index in [1.807, 2.05) is 19.1 Å². The smallest absolute Gasteiger partial charge is 0.299 e. The van der Waals surface area contributed by atoms with Crippen molar-refractivity contribution >= 4 is 23.9 Å². The van der Waals surface area contributed by atoms with Gasteiger partial charge in [0.25, 0.3) is 5.19 Å². The molecule has 0 amide bonds. The lowest BCUT2D eigenvalue weighted by molar-refractivity contribution is 0.357. The third-order valence-electron chi connectivity index (χ3n) is 4.71. The molecule has 0 N–H and O–H groups in total. The van der Waals surface area contributed by atoms with Gasteiger partial charge in [0.05, 0.1) is 0 Å². The summed E-state index contributed by atoms with van der Waals surface area (Å²) in [6.07, 6.45) is 2.83. The molecular formula is C21H27ClN4OS. The Kier molecular flexibility index (Phi) is 7.92. The van der Waals surface area contributed by atoms with Crippen molar-refractivity contribution in [3.63, 3.8) is 0 Å². The van der Waals surface area contributed by atoms with Crippen LogP contribution in [0.3, 0.4) is 0 Å². The van der Waals surface area contributed by atoms with Crippen molar-refractivity contribution in [3.8, 4) is 22.3 Å². The zero-order valence-electron chi connectivity index (χ0n) is 17.0. The van der Waals surface area contributed by atoms with Crippen LogP contribution in [0.25, 0.3) is 11.4 Å². The van der Waals surface area contributed by atoms with Gasteiger partial charge in [0.2, 0.25) is 0 Å². The van der Waals surface area contributed by atoms with Crippen molar-refractivity contribution in [1.29, 1.82) is 0 Å². The highest BCUT2D eigenvalue weighted by atomic mass is 35.5. The standard InChI is InChI=1S/C21H26N4OS.ClH/c1-6-25(5)10-9-17-11-15(3)19(12-14(17)2)26-21-23-20(24-27-21)18-8-7-16(4)22-13-18;/h7-8,11-13H,6,9-10H2,1-5H3;1H. The highest BCUT2D eigenvalue weighted by Gasteiger charge is 2.12. The molecule has 3 aromatic rings. The molecular weight excluding hydrogens is 392 g/mol. The second-order valence-corrected chi connectivity index (χ2v) is 7.58. The van der Waals surface area contributed by atoms with Crippen LogP contribution in [0.1, 0.15) is 29.3 Å². The molecule has 7 heteroatoms. The van der Waals surface area contributed by atoms with Gasteiger partial charge in [0.1, 0.15) is 5.75 Å². The molecule has 0 radical (unpaired) electrons. The molecule has 0 bridgehead atoms. The minimum Gasteiger partial charge on any atom is -0.430 e. The molecule has 0 unspecified atom stereocenters. The van der Waals surface area contributed by atoms with Crippen molar-refractivity contribution in [2.45, 2.75) is 34.1 Å². The Morgan fingerprint density at radius 2 is 1.89 bits per heavy atom. The van der Waals surface area contributed by atoms with E-state index in [0.717, 1.165) is 42.1 Å². The summed E-state index contributed by atoms with van der Waals surface area (Å²) in [4.78, 5) is 11.1. The highest BCUT2D eigenvalue weighted by Crippen LogP contribution is 2.31. The van der Waals surface area contributed by atoms with E-state index >= 15 is 0 Å². The Morgan fingerprint density at radius 3 is 2.57 bits per heavy atom. The molecule has 150 valence electrons. The van der Waals surface area contributed by atoms with E-state index in [1.165, 1.54) is 22.7 Å². The van der Waals surface area contributed by atoms with Gasteiger partial charge in [-0.2, -0.15) is 9.36 Å². The largest absolute Gasteiger partial charge is 0.430 e. The molecule has 28 heavy (non-hydrogen) atoms. The summed E-state index contributed by atoms with van der Waals surface area (Å²) < 4.78 is 10.4. The number of aromatic nitrogens is 3. The van der Waals surface area contributed by atoms with Crippen LogP contribution in [-0.2, 0) is 6.42 Å². The third kappa shape index (κ3) is 5.50. The molecule has 0 atom stereocenters. The van der Waals surface area contributed by atoms with Crippen LogP contribution < -0.4 is 4.74 Å². The van der Waals surface area contributed by atoms with Crippen molar-refractivity contribution in [1.82, 2.24) is 19.2 Å². The third-order valence-corrected chi connectivity index (χ3v) is 5.31. The van der Waals surface area contributed by atoms with Crippen LogP contribution in [0.5, 0.6) is 10.9 Å². The second kappa shape index (κ2) is 9.96. The summed E-state index contributed by atoms with van der Waals surface area (Å²) in [6, 6.07) is 8.26. The molecule has 3 rings (SSSR count). The van der Waals surface area contributed by atoms with E-state index in [2.05, 4.69) is 59.2 Å². The minimum atomic E-state index is 0. The van der Waals surface area contributed by atoms with Crippen LogP contribution in [0, 0.1) is 20.8 Å². The summed E-state index contributed by atoms with van der Waals surface area (Å²) in [5, 5.41) is 0.548. The summed E-state index contributed by atoms with van der Waals surface area (Å²) in [5.74, 6) is 1.49. The van der Waals surface area contributed by atoms with Crippen molar-refractivity contribution in [2.75, 3.05) is 20.1 Å². The quantitative estimate of drug-likeness (QED) is 0.525. The number of likely N-dealkylation sites (N-methyl/N-ethyl adjacent to an activating group) is 1. The molecule has 0 fully saturated rings. The number of pyridine rings is 1. The maximum absolute atomic E-state index is 6.03. The molecule has 2 aromatic heterocycles. The number of aryl methyl sites for hydroxylation is 3. The monoisotopic (exact) mass is 418 g/mol. The molecule has 5 nitrogen and oxygen atoms in total. The zero-order valence-corrected chi connectivity index (χ0v) is 18.7. The highest BCUT2D eigenvalue weighted by molar-refractivity contribution is 7.07. The summed E-state index contributed by atoms with van der Waals surface area (Å²) in [7, 11) is 2.15. The summed E-state index contributed by atoms with van der Waals surface area (Å²) >= 11 is 1.26. The molecule has 0 saturated heterocycles. The molecule has 1 aromatic carbocycles. The number of halogens is 1. The maximum Gasteiger partial charge on any atom is 0.299 e. The number of benzene rings is 1. The Hall–Kier alpha value is -2.02. The molecule has 0 aliphatic heterocycles. The van der Waals surface area contributed by atoms with Gasteiger partial charge in [-0.3, -0.25) is 4.98 Å². The molecule has 2 heterocycles. The Bertz CT molecular complexity index is 911. The fourth-order valence-electron chi connectivity index (χ4n) is 2.76. The summed E-state index contributed by atoms with van der Waals surface area (Å²) in [6.45, 7) is 10.5. The fourth-order valence-corrected chi connectivity index (χ4v) is 3.33. The van der Waals surface area contributed by atoms with Gasteiger partial charge >= 0.3 is 0 Å². The van der Waals surface area contributed by atoms with Gasteiger partial charge in [0.15, 0.2) is 5.82 Å². The van der Waals surface area contributed by atoms with E-state index in [1.54, 1.807) is 6.20 Å². The predicted octanol–water partition coefficient (Wildman–Crippen LogP) is 5.23. The normalized spacial score (nSPS) is 10.8. The fraction of sp³-hybridized carbons (Fsp3) is 0.381. The lowest BCUT2D eigenvalue weighted by Crippen LogP contribution is -2.20. The lowest BCUT2D eigenvalue weighted by atomic mass is 10.0. The van der Waals surface area contributed by atoms with Crippen LogP contribution in [0.4, 0.5) is 0 Å². The average Bonchev–Trinajstić information content (AvgIpc) is 3.12. The molecule has 0 aliphatic carbocycles. The van der Waals surface area contributed by atoms with E-state index in [4.69, 9.17) is 4.74 Å². The van der Waals surface area contributed by atoms with Crippen LogP contribution in [-0.4, -0.2) is 39.4 Å². The average molecular weight is 419 g/mol. The number of ether oxygens (including phenoxy) is 1.